The number of hydrogen-bond acceptors (Lipinski definition) is 4. The van der Waals surface area contributed by atoms with Crippen LogP contribution in [-0.2, 0) is 6.54 Å². The summed E-state index contributed by atoms with van der Waals surface area (Å²) in [5.74, 6) is 0.143. The smallest absolute Gasteiger partial charge is 0.170 e. The lowest BCUT2D eigenvalue weighted by Crippen LogP contribution is -2.39. The largest absolute Gasteiger partial charge is 0.409 e. The van der Waals surface area contributed by atoms with Gasteiger partial charge in [0.1, 0.15) is 0 Å². The Morgan fingerprint density at radius 1 is 1.30 bits per heavy atom. The van der Waals surface area contributed by atoms with Gasteiger partial charge in [0.05, 0.1) is 0 Å². The van der Waals surface area contributed by atoms with Crippen LogP contribution in [0.4, 0.5) is 0 Å². The van der Waals surface area contributed by atoms with Gasteiger partial charge in [-0.05, 0) is 33.1 Å². The van der Waals surface area contributed by atoms with E-state index in [4.69, 9.17) is 10.9 Å². The van der Waals surface area contributed by atoms with Gasteiger partial charge < -0.3 is 15.8 Å². The highest BCUT2D eigenvalue weighted by molar-refractivity contribution is 5.96. The molecule has 1 aromatic carbocycles. The molecule has 1 atom stereocenters. The first-order valence-corrected chi connectivity index (χ1v) is 6.93. The molecule has 3 N–H and O–H groups in total. The molecule has 0 saturated heterocycles. The Labute approximate surface area is 121 Å². The van der Waals surface area contributed by atoms with Crippen molar-refractivity contribution in [3.63, 3.8) is 0 Å². The molecule has 0 aliphatic heterocycles. The zero-order valence-electron chi connectivity index (χ0n) is 12.9. The van der Waals surface area contributed by atoms with Crippen molar-refractivity contribution in [1.82, 2.24) is 9.80 Å². The molecule has 0 aliphatic rings. The van der Waals surface area contributed by atoms with Crippen LogP contribution in [-0.4, -0.2) is 54.1 Å². The highest BCUT2D eigenvalue weighted by Crippen LogP contribution is 2.10. The maximum absolute atomic E-state index is 8.65. The van der Waals surface area contributed by atoms with E-state index in [1.54, 1.807) is 0 Å². The van der Waals surface area contributed by atoms with Crippen molar-refractivity contribution in [2.75, 3.05) is 27.2 Å². The SMILES string of the molecule is CCN(Cc1ccc(/C(N)=N/O)cc1)C(C)CN(C)C. The van der Waals surface area contributed by atoms with E-state index in [1.807, 2.05) is 24.3 Å². The number of benzene rings is 1. The summed E-state index contributed by atoms with van der Waals surface area (Å²) in [5, 5.41) is 11.7. The quantitative estimate of drug-likeness (QED) is 0.344. The second kappa shape index (κ2) is 7.87. The summed E-state index contributed by atoms with van der Waals surface area (Å²) in [6, 6.07) is 8.32. The van der Waals surface area contributed by atoms with Gasteiger partial charge in [-0.15, -0.1) is 0 Å². The number of nitrogens with zero attached hydrogens (tertiary/aromatic N) is 3. The summed E-state index contributed by atoms with van der Waals surface area (Å²) >= 11 is 0. The van der Waals surface area contributed by atoms with Gasteiger partial charge in [-0.25, -0.2) is 0 Å². The maximum Gasteiger partial charge on any atom is 0.170 e. The second-order valence-corrected chi connectivity index (χ2v) is 5.36. The molecule has 112 valence electrons. The maximum atomic E-state index is 8.65. The van der Waals surface area contributed by atoms with E-state index in [-0.39, 0.29) is 5.84 Å². The van der Waals surface area contributed by atoms with Crippen LogP contribution in [0.1, 0.15) is 25.0 Å². The Balaban J connectivity index is 2.70. The van der Waals surface area contributed by atoms with Crippen molar-refractivity contribution < 1.29 is 5.21 Å². The van der Waals surface area contributed by atoms with Gasteiger partial charge in [0.15, 0.2) is 5.84 Å². The van der Waals surface area contributed by atoms with E-state index < -0.39 is 0 Å². The lowest BCUT2D eigenvalue weighted by molar-refractivity contribution is 0.174. The molecule has 0 heterocycles. The molecule has 0 amide bonds. The molecular formula is C15H26N4O. The number of amidine groups is 1. The van der Waals surface area contributed by atoms with E-state index in [0.29, 0.717) is 6.04 Å². The first-order chi connectivity index (χ1) is 9.47. The van der Waals surface area contributed by atoms with Crippen LogP contribution in [0, 0.1) is 0 Å². The number of nitrogens with two attached hydrogens (primary N) is 1. The molecule has 20 heavy (non-hydrogen) atoms. The average molecular weight is 278 g/mol. The average Bonchev–Trinajstić information content (AvgIpc) is 2.43. The molecule has 0 radical (unpaired) electrons. The number of rotatable bonds is 7. The molecule has 1 aromatic rings. The third-order valence-corrected chi connectivity index (χ3v) is 3.40. The first-order valence-electron chi connectivity index (χ1n) is 6.93. The minimum Gasteiger partial charge on any atom is -0.409 e. The third kappa shape index (κ3) is 4.83. The van der Waals surface area contributed by atoms with Gasteiger partial charge in [0.25, 0.3) is 0 Å². The van der Waals surface area contributed by atoms with Gasteiger partial charge in [0.2, 0.25) is 0 Å². The van der Waals surface area contributed by atoms with Crippen molar-refractivity contribution in [1.29, 1.82) is 0 Å². The third-order valence-electron chi connectivity index (χ3n) is 3.40. The monoisotopic (exact) mass is 278 g/mol. The molecule has 0 saturated carbocycles. The summed E-state index contributed by atoms with van der Waals surface area (Å²) < 4.78 is 0. The van der Waals surface area contributed by atoms with Crippen molar-refractivity contribution >= 4 is 5.84 Å². The molecule has 0 bridgehead atoms. The highest BCUT2D eigenvalue weighted by Gasteiger charge is 2.13. The predicted molar refractivity (Wildman–Crippen MR) is 83.1 cm³/mol. The van der Waals surface area contributed by atoms with E-state index in [0.717, 1.165) is 25.2 Å². The van der Waals surface area contributed by atoms with Crippen molar-refractivity contribution in [2.45, 2.75) is 26.4 Å². The fraction of sp³-hybridized carbons (Fsp3) is 0.533. The van der Waals surface area contributed by atoms with E-state index in [9.17, 15) is 0 Å². The summed E-state index contributed by atoms with van der Waals surface area (Å²) in [4.78, 5) is 4.63. The molecule has 0 aromatic heterocycles. The van der Waals surface area contributed by atoms with Crippen LogP contribution in [0.2, 0.25) is 0 Å². The minimum absolute atomic E-state index is 0.143. The van der Waals surface area contributed by atoms with Crippen molar-refractivity contribution in [3.05, 3.63) is 35.4 Å². The Bertz CT molecular complexity index is 428. The fourth-order valence-corrected chi connectivity index (χ4v) is 2.30. The standard InChI is InChI=1S/C15H26N4O/c1-5-19(12(2)10-18(3)4)11-13-6-8-14(9-7-13)15(16)17-20/h6-9,12,20H,5,10-11H2,1-4H3,(H2,16,17). The van der Waals surface area contributed by atoms with Crippen LogP contribution in [0.3, 0.4) is 0 Å². The molecule has 0 spiro atoms. The fourth-order valence-electron chi connectivity index (χ4n) is 2.30. The molecule has 5 heteroatoms. The van der Waals surface area contributed by atoms with Crippen LogP contribution in [0.15, 0.2) is 29.4 Å². The number of likely N-dealkylation sites (N-methyl/N-ethyl adjacent to an activating group) is 2. The van der Waals surface area contributed by atoms with Gasteiger partial charge in [0, 0.05) is 24.7 Å². The van der Waals surface area contributed by atoms with E-state index in [1.165, 1.54) is 5.56 Å². The second-order valence-electron chi connectivity index (χ2n) is 5.36. The lowest BCUT2D eigenvalue weighted by atomic mass is 10.1. The topological polar surface area (TPSA) is 65.1 Å². The van der Waals surface area contributed by atoms with Crippen molar-refractivity contribution in [3.8, 4) is 0 Å². The Kier molecular flexibility index (Phi) is 6.48. The molecule has 1 rings (SSSR count). The molecular weight excluding hydrogens is 252 g/mol. The van der Waals surface area contributed by atoms with Gasteiger partial charge in [-0.3, -0.25) is 4.90 Å². The Hall–Kier alpha value is -1.59. The van der Waals surface area contributed by atoms with Gasteiger partial charge >= 0.3 is 0 Å². The van der Waals surface area contributed by atoms with Crippen LogP contribution < -0.4 is 5.73 Å². The zero-order valence-corrected chi connectivity index (χ0v) is 12.9. The molecule has 0 fully saturated rings. The predicted octanol–water partition coefficient (Wildman–Crippen LogP) is 1.55. The summed E-state index contributed by atoms with van der Waals surface area (Å²) in [6.45, 7) is 7.38. The summed E-state index contributed by atoms with van der Waals surface area (Å²) in [7, 11) is 4.19. The van der Waals surface area contributed by atoms with Crippen molar-refractivity contribution in [2.24, 2.45) is 10.9 Å². The molecule has 5 nitrogen and oxygen atoms in total. The normalized spacial score (nSPS) is 14.0. The number of oxime groups is 1. The summed E-state index contributed by atoms with van der Waals surface area (Å²) in [5.41, 5.74) is 7.52. The number of hydrogen-bond donors (Lipinski definition) is 2. The van der Waals surface area contributed by atoms with E-state index >= 15 is 0 Å². The van der Waals surface area contributed by atoms with Crippen LogP contribution >= 0.6 is 0 Å². The molecule has 0 aliphatic carbocycles. The van der Waals surface area contributed by atoms with Gasteiger partial charge in [-0.2, -0.15) is 0 Å². The molecule has 1 unspecified atom stereocenters. The highest BCUT2D eigenvalue weighted by atomic mass is 16.4. The first kappa shape index (κ1) is 16.5. The van der Waals surface area contributed by atoms with Crippen LogP contribution in [0.25, 0.3) is 0 Å². The van der Waals surface area contributed by atoms with E-state index in [2.05, 4.69) is 42.9 Å². The minimum atomic E-state index is 0.143. The van der Waals surface area contributed by atoms with Crippen LogP contribution in [0.5, 0.6) is 0 Å². The zero-order chi connectivity index (χ0) is 15.1. The summed E-state index contributed by atoms with van der Waals surface area (Å²) in [6.07, 6.45) is 0. The Morgan fingerprint density at radius 2 is 1.90 bits per heavy atom. The lowest BCUT2D eigenvalue weighted by Gasteiger charge is -2.30. The van der Waals surface area contributed by atoms with Gasteiger partial charge in [-0.1, -0.05) is 36.3 Å². The Morgan fingerprint density at radius 3 is 2.35 bits per heavy atom.